The number of hydrogen-bond acceptors (Lipinski definition) is 3. The van der Waals surface area contributed by atoms with E-state index >= 15 is 0 Å². The van der Waals surface area contributed by atoms with E-state index in [2.05, 4.69) is 5.32 Å². The molecule has 0 unspecified atom stereocenters. The number of nitrogens with two attached hydrogens (primary N) is 1. The first kappa shape index (κ1) is 9.39. The van der Waals surface area contributed by atoms with Gasteiger partial charge in [0.1, 0.15) is 0 Å². The second-order valence-electron chi connectivity index (χ2n) is 2.14. The molecule has 0 aliphatic heterocycles. The van der Waals surface area contributed by atoms with Crippen LogP contribution in [0.5, 0.6) is 0 Å². The van der Waals surface area contributed by atoms with E-state index < -0.39 is 5.91 Å². The van der Waals surface area contributed by atoms with Crippen LogP contribution >= 0.6 is 0 Å². The van der Waals surface area contributed by atoms with E-state index in [-0.39, 0.29) is 6.04 Å². The van der Waals surface area contributed by atoms with Gasteiger partial charge in [0.05, 0.1) is 6.04 Å². The van der Waals surface area contributed by atoms with Gasteiger partial charge in [-0.3, -0.25) is 10.5 Å². The molecule has 0 aromatic heterocycles. The third-order valence-corrected chi connectivity index (χ3v) is 1.36. The minimum atomic E-state index is -0.559. The molecule has 0 heterocycles. The Morgan fingerprint density at radius 2 is 2.40 bits per heavy atom. The smallest absolute Gasteiger partial charge is 0.255 e. The molecule has 0 saturated carbocycles. The number of carbonyl (C=O) groups excluding carboxylic acids is 1. The lowest BCUT2D eigenvalue weighted by Gasteiger charge is -2.09. The molecule has 0 aliphatic carbocycles. The van der Waals surface area contributed by atoms with E-state index in [1.807, 2.05) is 0 Å². The van der Waals surface area contributed by atoms with Crippen molar-refractivity contribution in [3.05, 3.63) is 0 Å². The van der Waals surface area contributed by atoms with E-state index in [0.29, 0.717) is 13.0 Å². The summed E-state index contributed by atoms with van der Waals surface area (Å²) in [6, 6.07) is -0.330. The molecular weight excluding hydrogens is 130 g/mol. The standard InChI is InChI=1S/C6H14N3O/c1-9-5(6(8)10)3-2-4-7/h5,8-9H,2-4,7H2,1H3/t5-/m0/s1. The van der Waals surface area contributed by atoms with Crippen LogP contribution in [0.25, 0.3) is 0 Å². The summed E-state index contributed by atoms with van der Waals surface area (Å²) in [4.78, 5) is 10.4. The van der Waals surface area contributed by atoms with Crippen LogP contribution in [0.4, 0.5) is 0 Å². The first-order valence-electron chi connectivity index (χ1n) is 3.35. The van der Waals surface area contributed by atoms with E-state index in [0.717, 1.165) is 6.42 Å². The van der Waals surface area contributed by atoms with Gasteiger partial charge in [-0.1, -0.05) is 0 Å². The predicted octanol–water partition coefficient (Wildman–Crippen LogP) is -0.877. The fourth-order valence-electron chi connectivity index (χ4n) is 0.729. The number of amides is 1. The minimum absolute atomic E-state index is 0.330. The Bertz CT molecular complexity index is 105. The first-order chi connectivity index (χ1) is 4.72. The van der Waals surface area contributed by atoms with Gasteiger partial charge in [-0.05, 0) is 26.4 Å². The zero-order chi connectivity index (χ0) is 7.98. The van der Waals surface area contributed by atoms with Crippen molar-refractivity contribution in [1.29, 1.82) is 0 Å². The van der Waals surface area contributed by atoms with Gasteiger partial charge in [-0.25, -0.2) is 0 Å². The molecule has 1 amide bonds. The van der Waals surface area contributed by atoms with Crippen LogP contribution in [0, 0.1) is 0 Å². The van der Waals surface area contributed by atoms with Crippen molar-refractivity contribution < 1.29 is 4.79 Å². The molecule has 0 rings (SSSR count). The lowest BCUT2D eigenvalue weighted by molar-refractivity contribution is -0.120. The van der Waals surface area contributed by atoms with Gasteiger partial charge in [0.2, 0.25) is 0 Å². The highest BCUT2D eigenvalue weighted by Crippen LogP contribution is 1.93. The van der Waals surface area contributed by atoms with Crippen LogP contribution in [-0.4, -0.2) is 25.5 Å². The summed E-state index contributed by atoms with van der Waals surface area (Å²) in [7, 11) is 1.67. The number of likely N-dealkylation sites (N-methyl/N-ethyl adjacent to an activating group) is 1. The lowest BCUT2D eigenvalue weighted by Crippen LogP contribution is -2.35. The lowest BCUT2D eigenvalue weighted by atomic mass is 10.1. The average Bonchev–Trinajstić information content (AvgIpc) is 1.89. The van der Waals surface area contributed by atoms with E-state index in [1.165, 1.54) is 0 Å². The van der Waals surface area contributed by atoms with Crippen molar-refractivity contribution in [3.63, 3.8) is 0 Å². The Labute approximate surface area is 61.0 Å². The maximum atomic E-state index is 10.4. The van der Waals surface area contributed by atoms with Gasteiger partial charge in [0, 0.05) is 0 Å². The summed E-state index contributed by atoms with van der Waals surface area (Å²) in [5.74, 6) is -0.559. The molecule has 0 bridgehead atoms. The summed E-state index contributed by atoms with van der Waals surface area (Å²) in [5.41, 5.74) is 12.0. The summed E-state index contributed by atoms with van der Waals surface area (Å²) >= 11 is 0. The zero-order valence-corrected chi connectivity index (χ0v) is 6.18. The Morgan fingerprint density at radius 1 is 1.80 bits per heavy atom. The maximum Gasteiger partial charge on any atom is 0.255 e. The highest BCUT2D eigenvalue weighted by molar-refractivity contribution is 5.78. The number of hydrogen-bond donors (Lipinski definition) is 2. The van der Waals surface area contributed by atoms with Crippen LogP contribution in [0.3, 0.4) is 0 Å². The fraction of sp³-hybridized carbons (Fsp3) is 0.833. The van der Waals surface area contributed by atoms with Crippen molar-refractivity contribution >= 4 is 5.91 Å². The minimum Gasteiger partial charge on any atom is -0.330 e. The summed E-state index contributed by atoms with van der Waals surface area (Å²) in [6.45, 7) is 0.575. The van der Waals surface area contributed by atoms with Gasteiger partial charge in [-0.2, -0.15) is 0 Å². The number of carbonyl (C=O) groups is 1. The fourth-order valence-corrected chi connectivity index (χ4v) is 0.729. The predicted molar refractivity (Wildman–Crippen MR) is 39.2 cm³/mol. The van der Waals surface area contributed by atoms with Crippen LogP contribution in [-0.2, 0) is 4.79 Å². The number of rotatable bonds is 5. The maximum absolute atomic E-state index is 10.4. The molecule has 0 saturated heterocycles. The zero-order valence-electron chi connectivity index (χ0n) is 6.18. The van der Waals surface area contributed by atoms with Crippen LogP contribution < -0.4 is 16.8 Å². The highest BCUT2D eigenvalue weighted by Gasteiger charge is 2.11. The molecule has 0 aromatic carbocycles. The Morgan fingerprint density at radius 3 is 2.70 bits per heavy atom. The van der Waals surface area contributed by atoms with Gasteiger partial charge in [0.15, 0.2) is 0 Å². The first-order valence-corrected chi connectivity index (χ1v) is 3.35. The van der Waals surface area contributed by atoms with Crippen molar-refractivity contribution in [1.82, 2.24) is 11.1 Å². The monoisotopic (exact) mass is 144 g/mol. The van der Waals surface area contributed by atoms with Crippen molar-refractivity contribution in [2.45, 2.75) is 18.9 Å². The summed E-state index contributed by atoms with van der Waals surface area (Å²) in [5, 5.41) is 2.74. The van der Waals surface area contributed by atoms with Crippen molar-refractivity contribution in [2.75, 3.05) is 13.6 Å². The quantitative estimate of drug-likeness (QED) is 0.526. The van der Waals surface area contributed by atoms with E-state index in [1.54, 1.807) is 7.05 Å². The second-order valence-corrected chi connectivity index (χ2v) is 2.14. The third-order valence-electron chi connectivity index (χ3n) is 1.36. The molecule has 10 heavy (non-hydrogen) atoms. The molecule has 4 heteroatoms. The highest BCUT2D eigenvalue weighted by atomic mass is 16.1. The summed E-state index contributed by atoms with van der Waals surface area (Å²) in [6.07, 6.45) is 1.45. The normalized spacial score (nSPS) is 13.0. The van der Waals surface area contributed by atoms with Crippen molar-refractivity contribution in [2.24, 2.45) is 5.73 Å². The molecular formula is C6H14N3O. The van der Waals surface area contributed by atoms with Gasteiger partial charge in [-0.15, -0.1) is 0 Å². The van der Waals surface area contributed by atoms with Gasteiger partial charge >= 0.3 is 0 Å². The molecule has 4 nitrogen and oxygen atoms in total. The second kappa shape index (κ2) is 5.20. The van der Waals surface area contributed by atoms with Gasteiger partial charge in [0.25, 0.3) is 5.91 Å². The number of nitrogens with one attached hydrogen (secondary N) is 2. The van der Waals surface area contributed by atoms with Crippen LogP contribution in [0.1, 0.15) is 12.8 Å². The Hall–Kier alpha value is -0.610. The van der Waals surface area contributed by atoms with Gasteiger partial charge < -0.3 is 11.1 Å². The van der Waals surface area contributed by atoms with E-state index in [9.17, 15) is 4.79 Å². The average molecular weight is 144 g/mol. The molecule has 1 radical (unpaired) electrons. The SMILES string of the molecule is CN[C@@H](CCCN)C([NH])=O. The topological polar surface area (TPSA) is 78.9 Å². The van der Waals surface area contributed by atoms with Crippen LogP contribution in [0.2, 0.25) is 0 Å². The molecule has 1 atom stereocenters. The Balaban J connectivity index is 3.50. The molecule has 59 valence electrons. The molecule has 0 spiro atoms. The third kappa shape index (κ3) is 3.42. The summed E-state index contributed by atoms with van der Waals surface area (Å²) < 4.78 is 0. The van der Waals surface area contributed by atoms with E-state index in [4.69, 9.17) is 11.5 Å². The molecule has 0 aliphatic rings. The largest absolute Gasteiger partial charge is 0.330 e. The van der Waals surface area contributed by atoms with Crippen molar-refractivity contribution in [3.8, 4) is 0 Å². The molecule has 0 fully saturated rings. The molecule has 4 N–H and O–H groups in total. The molecule has 0 aromatic rings. The van der Waals surface area contributed by atoms with Crippen LogP contribution in [0.15, 0.2) is 0 Å². The Kier molecular flexibility index (Phi) is 4.88.